The lowest BCUT2D eigenvalue weighted by atomic mass is 10.2. The molecule has 1 saturated heterocycles. The molecule has 0 amide bonds. The van der Waals surface area contributed by atoms with E-state index in [2.05, 4.69) is 32.1 Å². The van der Waals surface area contributed by atoms with Gasteiger partial charge in [0.2, 0.25) is 11.6 Å². The Balaban J connectivity index is 1.71. The summed E-state index contributed by atoms with van der Waals surface area (Å²) in [5.74, 6) is 0.542. The van der Waals surface area contributed by atoms with Crippen LogP contribution in [0.1, 0.15) is 6.92 Å². The molecule has 28 heavy (non-hydrogen) atoms. The minimum atomic E-state index is -0.409. The Labute approximate surface area is 162 Å². The molecule has 0 spiro atoms. The Morgan fingerprint density at radius 2 is 1.93 bits per heavy atom. The van der Waals surface area contributed by atoms with Gasteiger partial charge in [-0.05, 0) is 30.8 Å². The van der Waals surface area contributed by atoms with Gasteiger partial charge < -0.3 is 15.1 Å². The van der Waals surface area contributed by atoms with Crippen molar-refractivity contribution in [2.45, 2.75) is 6.92 Å². The number of pyridine rings is 1. The molecule has 0 saturated carbocycles. The van der Waals surface area contributed by atoms with Crippen molar-refractivity contribution < 1.29 is 4.92 Å². The van der Waals surface area contributed by atoms with Gasteiger partial charge in [-0.2, -0.15) is 0 Å². The summed E-state index contributed by atoms with van der Waals surface area (Å²) in [5, 5.41) is 15.9. The van der Waals surface area contributed by atoms with Crippen molar-refractivity contribution in [1.29, 1.82) is 0 Å². The van der Waals surface area contributed by atoms with Gasteiger partial charge in [-0.1, -0.05) is 13.0 Å². The number of rotatable bonds is 5. The monoisotopic (exact) mass is 379 g/mol. The van der Waals surface area contributed by atoms with Crippen LogP contribution in [-0.4, -0.2) is 57.5 Å². The first-order valence-electron chi connectivity index (χ1n) is 9.25. The summed E-state index contributed by atoms with van der Waals surface area (Å²) in [6, 6.07) is 9.36. The molecule has 1 fully saturated rings. The lowest BCUT2D eigenvalue weighted by molar-refractivity contribution is -0.383. The van der Waals surface area contributed by atoms with E-state index >= 15 is 0 Å². The van der Waals surface area contributed by atoms with Gasteiger partial charge in [-0.25, -0.2) is 9.97 Å². The molecule has 0 aliphatic carbocycles. The van der Waals surface area contributed by atoms with E-state index in [1.54, 1.807) is 6.20 Å². The lowest BCUT2D eigenvalue weighted by Gasteiger charge is -2.34. The maximum absolute atomic E-state index is 11.9. The molecule has 0 radical (unpaired) electrons. The quantitative estimate of drug-likeness (QED) is 0.533. The van der Waals surface area contributed by atoms with Gasteiger partial charge in [0.15, 0.2) is 0 Å². The van der Waals surface area contributed by atoms with E-state index in [0.29, 0.717) is 24.6 Å². The number of fused-ring (bicyclic) bond motifs is 1. The highest BCUT2D eigenvalue weighted by molar-refractivity contribution is 5.93. The molecule has 1 aromatic carbocycles. The molecule has 144 valence electrons. The van der Waals surface area contributed by atoms with Crippen molar-refractivity contribution in [3.63, 3.8) is 0 Å². The van der Waals surface area contributed by atoms with Gasteiger partial charge in [0.25, 0.3) is 0 Å². The van der Waals surface area contributed by atoms with Crippen LogP contribution < -0.4 is 10.2 Å². The molecule has 1 aliphatic heterocycles. The van der Waals surface area contributed by atoms with Crippen LogP contribution in [0.5, 0.6) is 0 Å². The van der Waals surface area contributed by atoms with Gasteiger partial charge >= 0.3 is 5.69 Å². The normalized spacial score (nSPS) is 15.0. The Bertz CT molecular complexity index is 997. The Hall–Kier alpha value is -3.33. The molecule has 9 heteroatoms. The second kappa shape index (κ2) is 7.73. The molecule has 4 rings (SSSR count). The van der Waals surface area contributed by atoms with Crippen LogP contribution >= 0.6 is 0 Å². The van der Waals surface area contributed by atoms with Crippen molar-refractivity contribution in [2.75, 3.05) is 42.9 Å². The average molecular weight is 379 g/mol. The number of hydrogen-bond acceptors (Lipinski definition) is 8. The van der Waals surface area contributed by atoms with Gasteiger partial charge in [-0.15, -0.1) is 0 Å². The molecule has 3 heterocycles. The van der Waals surface area contributed by atoms with Crippen LogP contribution in [0, 0.1) is 10.1 Å². The molecule has 2 aromatic heterocycles. The third-order valence-electron chi connectivity index (χ3n) is 5.00. The van der Waals surface area contributed by atoms with E-state index in [1.165, 1.54) is 6.33 Å². The summed E-state index contributed by atoms with van der Waals surface area (Å²) in [6.45, 7) is 6.20. The largest absolute Gasteiger partial charge is 0.353 e. The van der Waals surface area contributed by atoms with Gasteiger partial charge in [-0.3, -0.25) is 15.1 Å². The van der Waals surface area contributed by atoms with E-state index in [4.69, 9.17) is 0 Å². The third kappa shape index (κ3) is 3.44. The number of nitrogens with zero attached hydrogens (tertiary/aromatic N) is 6. The third-order valence-corrected chi connectivity index (χ3v) is 5.00. The molecule has 0 atom stereocenters. The number of nitrogens with one attached hydrogen (secondary N) is 1. The molecule has 0 unspecified atom stereocenters. The number of piperazine rings is 1. The molecular formula is C19H21N7O2. The standard InChI is InChI=1S/C19H21N7O2/c1-2-24-9-11-25(12-10-24)19-17(26(27)28)18(21-13-22-19)23-16-7-3-6-15-14(16)5-4-8-20-15/h3-8,13H,2,9-12H2,1H3,(H,21,22,23). The smallest absolute Gasteiger partial charge is 0.348 e. The number of aromatic nitrogens is 3. The summed E-state index contributed by atoms with van der Waals surface area (Å²) in [7, 11) is 0. The SMILES string of the molecule is CCN1CCN(c2ncnc(Nc3cccc4ncccc34)c2[N+](=O)[O-])CC1. The fraction of sp³-hybridized carbons (Fsp3) is 0.316. The fourth-order valence-corrected chi connectivity index (χ4v) is 3.48. The van der Waals surface area contributed by atoms with Crippen molar-refractivity contribution in [3.8, 4) is 0 Å². The van der Waals surface area contributed by atoms with Crippen molar-refractivity contribution in [3.05, 3.63) is 53.0 Å². The zero-order chi connectivity index (χ0) is 19.5. The summed E-state index contributed by atoms with van der Waals surface area (Å²) < 4.78 is 0. The lowest BCUT2D eigenvalue weighted by Crippen LogP contribution is -2.46. The van der Waals surface area contributed by atoms with E-state index in [-0.39, 0.29) is 11.5 Å². The van der Waals surface area contributed by atoms with E-state index in [9.17, 15) is 10.1 Å². The summed E-state index contributed by atoms with van der Waals surface area (Å²) >= 11 is 0. The van der Waals surface area contributed by atoms with Crippen LogP contribution in [0.4, 0.5) is 23.0 Å². The first kappa shape index (κ1) is 18.1. The molecule has 3 aromatic rings. The molecule has 9 nitrogen and oxygen atoms in total. The number of hydrogen-bond donors (Lipinski definition) is 1. The maximum Gasteiger partial charge on any atom is 0.353 e. The van der Waals surface area contributed by atoms with Gasteiger partial charge in [0.1, 0.15) is 6.33 Å². The van der Waals surface area contributed by atoms with Gasteiger partial charge in [0, 0.05) is 43.4 Å². The summed E-state index contributed by atoms with van der Waals surface area (Å²) in [4.78, 5) is 28.5. The Morgan fingerprint density at radius 3 is 2.68 bits per heavy atom. The molecule has 0 bridgehead atoms. The number of benzene rings is 1. The van der Waals surface area contributed by atoms with Crippen molar-refractivity contribution in [2.24, 2.45) is 0 Å². The maximum atomic E-state index is 11.9. The first-order chi connectivity index (χ1) is 13.7. The van der Waals surface area contributed by atoms with Gasteiger partial charge in [0.05, 0.1) is 10.4 Å². The van der Waals surface area contributed by atoms with E-state index in [0.717, 1.165) is 30.5 Å². The molecule has 1 N–H and O–H groups in total. The first-order valence-corrected chi connectivity index (χ1v) is 9.25. The van der Waals surface area contributed by atoms with Crippen molar-refractivity contribution >= 4 is 33.9 Å². The molecular weight excluding hydrogens is 358 g/mol. The van der Waals surface area contributed by atoms with E-state index in [1.807, 2.05) is 35.2 Å². The van der Waals surface area contributed by atoms with Crippen LogP contribution in [0.25, 0.3) is 10.9 Å². The Kier molecular flexibility index (Phi) is 4.98. The minimum Gasteiger partial charge on any atom is -0.348 e. The summed E-state index contributed by atoms with van der Waals surface area (Å²) in [5.41, 5.74) is 1.42. The fourth-order valence-electron chi connectivity index (χ4n) is 3.48. The number of likely N-dealkylation sites (N-methyl/N-ethyl adjacent to an activating group) is 1. The zero-order valence-corrected chi connectivity index (χ0v) is 15.6. The van der Waals surface area contributed by atoms with Crippen LogP contribution in [0.15, 0.2) is 42.9 Å². The number of nitro groups is 1. The highest BCUT2D eigenvalue weighted by Gasteiger charge is 2.29. The van der Waals surface area contributed by atoms with Crippen LogP contribution in [0.2, 0.25) is 0 Å². The zero-order valence-electron chi connectivity index (χ0n) is 15.6. The second-order valence-electron chi connectivity index (χ2n) is 6.57. The minimum absolute atomic E-state index is 0.103. The van der Waals surface area contributed by atoms with Crippen molar-refractivity contribution in [1.82, 2.24) is 19.9 Å². The van der Waals surface area contributed by atoms with E-state index < -0.39 is 4.92 Å². The van der Waals surface area contributed by atoms with Crippen LogP contribution in [-0.2, 0) is 0 Å². The second-order valence-corrected chi connectivity index (χ2v) is 6.57. The topological polar surface area (TPSA) is 100 Å². The predicted molar refractivity (Wildman–Crippen MR) is 108 cm³/mol. The predicted octanol–water partition coefficient (Wildman–Crippen LogP) is 2.82. The summed E-state index contributed by atoms with van der Waals surface area (Å²) in [6.07, 6.45) is 3.09. The van der Waals surface area contributed by atoms with Crippen LogP contribution in [0.3, 0.4) is 0 Å². The highest BCUT2D eigenvalue weighted by atomic mass is 16.6. The number of anilines is 3. The Morgan fingerprint density at radius 1 is 1.11 bits per heavy atom. The highest BCUT2D eigenvalue weighted by Crippen LogP contribution is 2.35. The molecule has 1 aliphatic rings. The average Bonchev–Trinajstić information content (AvgIpc) is 2.74.